The van der Waals surface area contributed by atoms with Crippen molar-refractivity contribution in [1.29, 1.82) is 0 Å². The molecule has 0 amide bonds. The van der Waals surface area contributed by atoms with E-state index < -0.39 is 0 Å². The summed E-state index contributed by atoms with van der Waals surface area (Å²) < 4.78 is 1.03. The Kier molecular flexibility index (Phi) is 3.89. The second kappa shape index (κ2) is 5.23. The van der Waals surface area contributed by atoms with Crippen molar-refractivity contribution in [3.63, 3.8) is 0 Å². The average Bonchev–Trinajstić information content (AvgIpc) is 2.27. The molecule has 0 bridgehead atoms. The highest BCUT2D eigenvalue weighted by Crippen LogP contribution is 2.32. The van der Waals surface area contributed by atoms with Gasteiger partial charge < -0.3 is 0 Å². The van der Waals surface area contributed by atoms with Crippen LogP contribution in [-0.2, 0) is 0 Å². The smallest absolute Gasteiger partial charge is 0.104 e. The molecule has 0 N–H and O–H groups in total. The van der Waals surface area contributed by atoms with Gasteiger partial charge in [-0.05, 0) is 65.5 Å². The zero-order chi connectivity index (χ0) is 12.4. The van der Waals surface area contributed by atoms with E-state index >= 15 is 0 Å². The third kappa shape index (κ3) is 3.11. The Bertz CT molecular complexity index is 552. The predicted octanol–water partition coefficient (Wildman–Crippen LogP) is 4.92. The minimum atomic E-state index is 1.03. The first kappa shape index (κ1) is 12.7. The molecular formula is C14H14BrNS. The molecule has 0 atom stereocenters. The van der Waals surface area contributed by atoms with Gasteiger partial charge in [-0.2, -0.15) is 0 Å². The molecule has 17 heavy (non-hydrogen) atoms. The van der Waals surface area contributed by atoms with E-state index in [0.717, 1.165) is 9.50 Å². The van der Waals surface area contributed by atoms with E-state index in [-0.39, 0.29) is 0 Å². The molecule has 0 fully saturated rings. The molecule has 0 unspecified atom stereocenters. The molecule has 1 nitrogen and oxygen atoms in total. The second-order valence-electron chi connectivity index (χ2n) is 4.15. The maximum absolute atomic E-state index is 4.46. The largest absolute Gasteiger partial charge is 0.248 e. The van der Waals surface area contributed by atoms with Crippen LogP contribution in [0.1, 0.15) is 16.7 Å². The maximum Gasteiger partial charge on any atom is 0.104 e. The zero-order valence-corrected chi connectivity index (χ0v) is 12.5. The third-order valence-electron chi connectivity index (χ3n) is 2.55. The molecule has 2 aromatic rings. The van der Waals surface area contributed by atoms with Gasteiger partial charge in [-0.3, -0.25) is 0 Å². The summed E-state index contributed by atoms with van der Waals surface area (Å²) in [7, 11) is 0. The quantitative estimate of drug-likeness (QED) is 0.781. The molecule has 0 aliphatic heterocycles. The number of benzene rings is 1. The van der Waals surface area contributed by atoms with Crippen molar-refractivity contribution in [1.82, 2.24) is 4.98 Å². The van der Waals surface area contributed by atoms with Crippen molar-refractivity contribution in [3.05, 3.63) is 51.6 Å². The molecule has 2 rings (SSSR count). The first-order chi connectivity index (χ1) is 8.06. The Balaban J connectivity index is 2.34. The number of rotatable bonds is 2. The normalized spacial score (nSPS) is 10.6. The first-order valence-electron chi connectivity index (χ1n) is 5.43. The zero-order valence-electron chi connectivity index (χ0n) is 10.1. The molecule has 0 aliphatic rings. The third-order valence-corrected chi connectivity index (χ3v) is 4.26. The van der Waals surface area contributed by atoms with Crippen LogP contribution in [0.5, 0.6) is 0 Å². The van der Waals surface area contributed by atoms with Gasteiger partial charge in [-0.15, -0.1) is 0 Å². The van der Waals surface area contributed by atoms with Crippen molar-refractivity contribution in [2.24, 2.45) is 0 Å². The summed E-state index contributed by atoms with van der Waals surface area (Å²) in [5, 5.41) is 1.07. The van der Waals surface area contributed by atoms with Gasteiger partial charge in [-0.25, -0.2) is 4.98 Å². The van der Waals surface area contributed by atoms with Gasteiger partial charge in [0.25, 0.3) is 0 Å². The SMILES string of the molecule is Cc1ccc(C)c(Sc2ncc(Br)cc2C)c1. The summed E-state index contributed by atoms with van der Waals surface area (Å²) in [6, 6.07) is 8.61. The van der Waals surface area contributed by atoms with Crippen LogP contribution in [0.2, 0.25) is 0 Å². The molecule has 0 saturated heterocycles. The van der Waals surface area contributed by atoms with Gasteiger partial charge in [0.1, 0.15) is 5.03 Å². The fourth-order valence-electron chi connectivity index (χ4n) is 1.56. The second-order valence-corrected chi connectivity index (χ2v) is 6.09. The molecule has 0 radical (unpaired) electrons. The summed E-state index contributed by atoms with van der Waals surface area (Å²) in [6.07, 6.45) is 1.85. The lowest BCUT2D eigenvalue weighted by molar-refractivity contribution is 1.07. The van der Waals surface area contributed by atoms with E-state index in [1.165, 1.54) is 21.6 Å². The van der Waals surface area contributed by atoms with Crippen molar-refractivity contribution in [2.45, 2.75) is 30.7 Å². The number of halogens is 1. The van der Waals surface area contributed by atoms with Gasteiger partial charge >= 0.3 is 0 Å². The van der Waals surface area contributed by atoms with Crippen LogP contribution in [0.3, 0.4) is 0 Å². The Hall–Kier alpha value is -0.800. The highest BCUT2D eigenvalue weighted by atomic mass is 79.9. The number of aryl methyl sites for hydroxylation is 3. The van der Waals surface area contributed by atoms with Gasteiger partial charge in [0.05, 0.1) is 0 Å². The predicted molar refractivity (Wildman–Crippen MR) is 76.7 cm³/mol. The molecule has 1 heterocycles. The highest BCUT2D eigenvalue weighted by molar-refractivity contribution is 9.10. The van der Waals surface area contributed by atoms with Gasteiger partial charge in [0.15, 0.2) is 0 Å². The van der Waals surface area contributed by atoms with E-state index in [2.05, 4.69) is 66.0 Å². The number of pyridine rings is 1. The molecule has 0 saturated carbocycles. The standard InChI is InChI=1S/C14H14BrNS/c1-9-4-5-10(2)13(6-9)17-14-11(3)7-12(15)8-16-14/h4-8H,1-3H3. The number of nitrogens with zero attached hydrogens (tertiary/aromatic N) is 1. The van der Waals surface area contributed by atoms with E-state index in [4.69, 9.17) is 0 Å². The topological polar surface area (TPSA) is 12.9 Å². The first-order valence-corrected chi connectivity index (χ1v) is 7.04. The van der Waals surface area contributed by atoms with Gasteiger partial charge in [0.2, 0.25) is 0 Å². The van der Waals surface area contributed by atoms with Crippen LogP contribution in [0.4, 0.5) is 0 Å². The highest BCUT2D eigenvalue weighted by Gasteiger charge is 2.06. The monoisotopic (exact) mass is 307 g/mol. The average molecular weight is 308 g/mol. The van der Waals surface area contributed by atoms with E-state index in [1.807, 2.05) is 6.20 Å². The molecule has 88 valence electrons. The lowest BCUT2D eigenvalue weighted by Crippen LogP contribution is -1.87. The number of hydrogen-bond acceptors (Lipinski definition) is 2. The van der Waals surface area contributed by atoms with Crippen molar-refractivity contribution < 1.29 is 0 Å². The summed E-state index contributed by atoms with van der Waals surface area (Å²) in [4.78, 5) is 5.74. The maximum atomic E-state index is 4.46. The molecule has 0 aliphatic carbocycles. The van der Waals surface area contributed by atoms with Crippen molar-refractivity contribution in [2.75, 3.05) is 0 Å². The van der Waals surface area contributed by atoms with Gasteiger partial charge in [0, 0.05) is 15.6 Å². The van der Waals surface area contributed by atoms with Gasteiger partial charge in [-0.1, -0.05) is 23.9 Å². The lowest BCUT2D eigenvalue weighted by Gasteiger charge is -2.08. The van der Waals surface area contributed by atoms with Crippen LogP contribution in [-0.4, -0.2) is 4.98 Å². The summed E-state index contributed by atoms with van der Waals surface area (Å²) in [5.74, 6) is 0. The van der Waals surface area contributed by atoms with Crippen molar-refractivity contribution in [3.8, 4) is 0 Å². The summed E-state index contributed by atoms with van der Waals surface area (Å²) >= 11 is 5.17. The fourth-order valence-corrected chi connectivity index (χ4v) is 3.01. The molecule has 3 heteroatoms. The Morgan fingerprint density at radius 1 is 1.06 bits per heavy atom. The van der Waals surface area contributed by atoms with Crippen LogP contribution < -0.4 is 0 Å². The fraction of sp³-hybridized carbons (Fsp3) is 0.214. The lowest BCUT2D eigenvalue weighted by atomic mass is 10.2. The van der Waals surface area contributed by atoms with Crippen LogP contribution in [0.25, 0.3) is 0 Å². The minimum Gasteiger partial charge on any atom is -0.248 e. The Morgan fingerprint density at radius 2 is 1.82 bits per heavy atom. The van der Waals surface area contributed by atoms with Crippen molar-refractivity contribution >= 4 is 27.7 Å². The Labute approximate surface area is 115 Å². The van der Waals surface area contributed by atoms with E-state index in [0.29, 0.717) is 0 Å². The molecule has 1 aromatic heterocycles. The van der Waals surface area contributed by atoms with E-state index in [9.17, 15) is 0 Å². The number of aromatic nitrogens is 1. The summed E-state index contributed by atoms with van der Waals surface area (Å²) in [6.45, 7) is 6.34. The van der Waals surface area contributed by atoms with E-state index in [1.54, 1.807) is 11.8 Å². The van der Waals surface area contributed by atoms with Crippen LogP contribution >= 0.6 is 27.7 Å². The minimum absolute atomic E-state index is 1.03. The Morgan fingerprint density at radius 3 is 2.53 bits per heavy atom. The summed E-state index contributed by atoms with van der Waals surface area (Å²) in [5.41, 5.74) is 3.78. The van der Waals surface area contributed by atoms with Crippen LogP contribution in [0, 0.1) is 20.8 Å². The molecule has 0 spiro atoms. The molecular weight excluding hydrogens is 294 g/mol. The molecule has 1 aromatic carbocycles. The number of hydrogen-bond donors (Lipinski definition) is 0. The van der Waals surface area contributed by atoms with Crippen LogP contribution in [0.15, 0.2) is 44.9 Å².